The smallest absolute Gasteiger partial charge is 0.292 e. The van der Waals surface area contributed by atoms with E-state index in [1.807, 2.05) is 0 Å². The lowest BCUT2D eigenvalue weighted by atomic mass is 9.89. The van der Waals surface area contributed by atoms with Crippen LogP contribution < -0.4 is 5.69 Å². The predicted octanol–water partition coefficient (Wildman–Crippen LogP) is 2.11. The van der Waals surface area contributed by atoms with Crippen LogP contribution in [0.15, 0.2) is 17.2 Å². The highest BCUT2D eigenvalue weighted by molar-refractivity contribution is 9.09. The topological polar surface area (TPSA) is 78.0 Å². The first-order valence-corrected chi connectivity index (χ1v) is 6.95. The highest BCUT2D eigenvalue weighted by Crippen LogP contribution is 2.40. The summed E-state index contributed by atoms with van der Waals surface area (Å²) in [5.74, 6) is 0. The fraction of sp³-hybridized carbons (Fsp3) is 0.636. The van der Waals surface area contributed by atoms with Crippen molar-refractivity contribution < 1.29 is 4.92 Å². The van der Waals surface area contributed by atoms with E-state index < -0.39 is 10.6 Å². The molecule has 6 nitrogen and oxygen atoms in total. The van der Waals surface area contributed by atoms with Crippen molar-refractivity contribution in [2.45, 2.75) is 32.2 Å². The van der Waals surface area contributed by atoms with Crippen molar-refractivity contribution in [3.63, 3.8) is 0 Å². The van der Waals surface area contributed by atoms with Gasteiger partial charge < -0.3 is 0 Å². The van der Waals surface area contributed by atoms with Crippen LogP contribution in [0.2, 0.25) is 0 Å². The molecule has 0 amide bonds. The molecule has 1 heterocycles. The molecule has 0 saturated heterocycles. The Morgan fingerprint density at radius 1 is 1.50 bits per heavy atom. The third-order valence-corrected chi connectivity index (χ3v) is 4.69. The van der Waals surface area contributed by atoms with Gasteiger partial charge in [-0.15, -0.1) is 0 Å². The highest BCUT2D eigenvalue weighted by Gasteiger charge is 2.33. The zero-order chi connectivity index (χ0) is 13.2. The van der Waals surface area contributed by atoms with Gasteiger partial charge in [0.05, 0.1) is 11.1 Å². The molecule has 0 radical (unpaired) electrons. The summed E-state index contributed by atoms with van der Waals surface area (Å²) in [5.41, 5.74) is -0.536. The zero-order valence-corrected chi connectivity index (χ0v) is 11.4. The summed E-state index contributed by atoms with van der Waals surface area (Å²) in [6.45, 7) is 0.492. The first-order chi connectivity index (χ1) is 8.56. The van der Waals surface area contributed by atoms with Crippen LogP contribution in [0.4, 0.5) is 5.69 Å². The van der Waals surface area contributed by atoms with Gasteiger partial charge in [-0.25, -0.2) is 4.79 Å². The van der Waals surface area contributed by atoms with Crippen molar-refractivity contribution in [1.82, 2.24) is 9.55 Å². The molecule has 1 aromatic heterocycles. The summed E-state index contributed by atoms with van der Waals surface area (Å²) in [4.78, 5) is 25.4. The lowest BCUT2D eigenvalue weighted by Crippen LogP contribution is -2.32. The van der Waals surface area contributed by atoms with E-state index in [9.17, 15) is 14.9 Å². The summed E-state index contributed by atoms with van der Waals surface area (Å²) in [5, 5.41) is 11.5. The first kappa shape index (κ1) is 13.2. The molecule has 1 aromatic rings. The number of nitrogens with zero attached hydrogens (tertiary/aromatic N) is 3. The van der Waals surface area contributed by atoms with Crippen LogP contribution in [0.1, 0.15) is 25.7 Å². The van der Waals surface area contributed by atoms with E-state index >= 15 is 0 Å². The fourth-order valence-electron chi connectivity index (χ4n) is 2.47. The molecule has 0 bridgehead atoms. The highest BCUT2D eigenvalue weighted by atomic mass is 79.9. The molecule has 1 saturated carbocycles. The molecular formula is C11H14BrN3O3. The Kier molecular flexibility index (Phi) is 3.79. The fourth-order valence-corrected chi connectivity index (χ4v) is 3.21. The maximum Gasteiger partial charge on any atom is 0.347 e. The average molecular weight is 316 g/mol. The van der Waals surface area contributed by atoms with E-state index in [0.29, 0.717) is 6.54 Å². The predicted molar refractivity (Wildman–Crippen MR) is 69.8 cm³/mol. The molecule has 1 fully saturated rings. The quantitative estimate of drug-likeness (QED) is 0.484. The van der Waals surface area contributed by atoms with E-state index in [2.05, 4.69) is 20.9 Å². The number of halogens is 1. The van der Waals surface area contributed by atoms with Crippen LogP contribution in [0, 0.1) is 15.5 Å². The van der Waals surface area contributed by atoms with Crippen LogP contribution >= 0.6 is 15.9 Å². The minimum absolute atomic E-state index is 0.0285. The SMILES string of the molecule is O=c1ncc([N+](=O)[O-])cn1CC1(CBr)CCCC1. The van der Waals surface area contributed by atoms with Gasteiger partial charge in [0.2, 0.25) is 0 Å². The maximum atomic E-state index is 11.7. The lowest BCUT2D eigenvalue weighted by molar-refractivity contribution is -0.385. The molecular weight excluding hydrogens is 302 g/mol. The molecule has 0 aliphatic heterocycles. The number of rotatable bonds is 4. The minimum atomic E-state index is -0.529. The summed E-state index contributed by atoms with van der Waals surface area (Å²) in [6, 6.07) is 0. The van der Waals surface area contributed by atoms with E-state index in [1.54, 1.807) is 0 Å². The molecule has 0 spiro atoms. The van der Waals surface area contributed by atoms with Crippen LogP contribution in [0.25, 0.3) is 0 Å². The largest absolute Gasteiger partial charge is 0.347 e. The zero-order valence-electron chi connectivity index (χ0n) is 9.84. The van der Waals surface area contributed by atoms with E-state index in [1.165, 1.54) is 10.8 Å². The van der Waals surface area contributed by atoms with Crippen LogP contribution in [-0.4, -0.2) is 19.8 Å². The van der Waals surface area contributed by atoms with Crippen LogP contribution in [-0.2, 0) is 6.54 Å². The lowest BCUT2D eigenvalue weighted by Gasteiger charge is -2.26. The van der Waals surface area contributed by atoms with Gasteiger partial charge in [-0.05, 0) is 18.3 Å². The van der Waals surface area contributed by atoms with Crippen molar-refractivity contribution >= 4 is 21.6 Å². The van der Waals surface area contributed by atoms with Gasteiger partial charge in [0.25, 0.3) is 0 Å². The van der Waals surface area contributed by atoms with Crippen molar-refractivity contribution in [2.75, 3.05) is 5.33 Å². The summed E-state index contributed by atoms with van der Waals surface area (Å²) < 4.78 is 1.37. The summed E-state index contributed by atoms with van der Waals surface area (Å²) >= 11 is 3.49. The average Bonchev–Trinajstić information content (AvgIpc) is 2.81. The third-order valence-electron chi connectivity index (χ3n) is 3.51. The van der Waals surface area contributed by atoms with E-state index in [0.717, 1.165) is 37.2 Å². The number of aromatic nitrogens is 2. The summed E-state index contributed by atoms with van der Waals surface area (Å²) in [7, 11) is 0. The molecule has 0 N–H and O–H groups in total. The molecule has 18 heavy (non-hydrogen) atoms. The Bertz CT molecular complexity index is 509. The van der Waals surface area contributed by atoms with Crippen molar-refractivity contribution in [3.05, 3.63) is 33.0 Å². The van der Waals surface area contributed by atoms with Crippen molar-refractivity contribution in [3.8, 4) is 0 Å². The second-order valence-electron chi connectivity index (χ2n) is 4.82. The molecule has 0 aromatic carbocycles. The number of nitro groups is 1. The molecule has 0 atom stereocenters. The normalized spacial score (nSPS) is 17.8. The van der Waals surface area contributed by atoms with Gasteiger partial charge in [0, 0.05) is 11.9 Å². The number of hydrogen-bond donors (Lipinski definition) is 0. The Hall–Kier alpha value is -1.24. The third kappa shape index (κ3) is 2.60. The van der Waals surface area contributed by atoms with Gasteiger partial charge in [-0.3, -0.25) is 14.7 Å². The Labute approximate surface area is 112 Å². The number of alkyl halides is 1. The first-order valence-electron chi connectivity index (χ1n) is 5.83. The Balaban J connectivity index is 2.30. The van der Waals surface area contributed by atoms with Crippen molar-refractivity contribution in [1.29, 1.82) is 0 Å². The van der Waals surface area contributed by atoms with E-state index in [4.69, 9.17) is 0 Å². The van der Waals surface area contributed by atoms with Gasteiger partial charge in [-0.1, -0.05) is 28.8 Å². The maximum absolute atomic E-state index is 11.7. The van der Waals surface area contributed by atoms with Crippen LogP contribution in [0.5, 0.6) is 0 Å². The molecule has 1 aliphatic rings. The van der Waals surface area contributed by atoms with Crippen molar-refractivity contribution in [2.24, 2.45) is 5.41 Å². The molecule has 1 aliphatic carbocycles. The molecule has 0 unspecified atom stereocenters. The van der Waals surface area contributed by atoms with Gasteiger partial charge in [0.15, 0.2) is 0 Å². The van der Waals surface area contributed by atoms with Gasteiger partial charge in [0.1, 0.15) is 6.20 Å². The Morgan fingerprint density at radius 2 is 2.17 bits per heavy atom. The minimum Gasteiger partial charge on any atom is -0.292 e. The van der Waals surface area contributed by atoms with Crippen LogP contribution in [0.3, 0.4) is 0 Å². The molecule has 98 valence electrons. The van der Waals surface area contributed by atoms with Gasteiger partial charge >= 0.3 is 11.4 Å². The summed E-state index contributed by atoms with van der Waals surface area (Å²) in [6.07, 6.45) is 6.65. The van der Waals surface area contributed by atoms with E-state index in [-0.39, 0.29) is 11.1 Å². The second kappa shape index (κ2) is 5.17. The molecule has 7 heteroatoms. The van der Waals surface area contributed by atoms with Gasteiger partial charge in [-0.2, -0.15) is 4.98 Å². The monoisotopic (exact) mass is 315 g/mol. The Morgan fingerprint density at radius 3 is 2.72 bits per heavy atom. The second-order valence-corrected chi connectivity index (χ2v) is 5.38. The molecule has 2 rings (SSSR count). The number of hydrogen-bond acceptors (Lipinski definition) is 4. The standard InChI is InChI=1S/C11H14BrN3O3/c12-7-11(3-1-2-4-11)8-14-6-9(15(17)18)5-13-10(14)16/h5-6H,1-4,7-8H2.